The number of nitrogens with zero attached hydrogens (tertiary/aromatic N) is 3. The number of hydrogen-bond acceptors (Lipinski definition) is 3. The van der Waals surface area contributed by atoms with E-state index in [1.54, 1.807) is 0 Å². The van der Waals surface area contributed by atoms with Crippen LogP contribution >= 0.6 is 0 Å². The minimum absolute atomic E-state index is 0.300. The van der Waals surface area contributed by atoms with Gasteiger partial charge in [0.25, 0.3) is 0 Å². The normalized spacial score (nSPS) is 26.4. The fourth-order valence-electron chi connectivity index (χ4n) is 4.15. The zero-order valence-corrected chi connectivity index (χ0v) is 15.5. The van der Waals surface area contributed by atoms with Crippen molar-refractivity contribution in [2.24, 2.45) is 0 Å². The van der Waals surface area contributed by atoms with Gasteiger partial charge in [0.05, 0.1) is 0 Å². The van der Waals surface area contributed by atoms with Gasteiger partial charge >= 0.3 is 0 Å². The smallest absolute Gasteiger partial charge is 0.0361 e. The van der Waals surface area contributed by atoms with Crippen molar-refractivity contribution >= 4 is 0 Å². The molecule has 124 valence electrons. The van der Waals surface area contributed by atoms with E-state index in [0.717, 1.165) is 0 Å². The molecule has 0 N–H and O–H groups in total. The summed E-state index contributed by atoms with van der Waals surface area (Å²) in [5.74, 6) is 0. The first-order valence-electron chi connectivity index (χ1n) is 8.84. The molecule has 0 aromatic rings. The van der Waals surface area contributed by atoms with E-state index >= 15 is 0 Å². The third-order valence-corrected chi connectivity index (χ3v) is 5.77. The van der Waals surface area contributed by atoms with E-state index in [2.05, 4.69) is 63.2 Å². The maximum absolute atomic E-state index is 2.77. The van der Waals surface area contributed by atoms with E-state index in [-0.39, 0.29) is 0 Å². The molecule has 0 radical (unpaired) electrons. The SMILES string of the molecule is CCN1CCN(C(C)(C)C)CC12CCN(C(C)(C)C)CC2. The lowest BCUT2D eigenvalue weighted by Gasteiger charge is -2.57. The van der Waals surface area contributed by atoms with E-state index in [1.165, 1.54) is 52.1 Å². The van der Waals surface area contributed by atoms with Crippen LogP contribution in [0.5, 0.6) is 0 Å². The van der Waals surface area contributed by atoms with Gasteiger partial charge in [0.2, 0.25) is 0 Å². The Kier molecular flexibility index (Phi) is 4.78. The van der Waals surface area contributed by atoms with Crippen molar-refractivity contribution in [1.82, 2.24) is 14.7 Å². The summed E-state index contributed by atoms with van der Waals surface area (Å²) in [6, 6.07) is 0. The predicted octanol–water partition coefficient (Wildman–Crippen LogP) is 3.06. The van der Waals surface area contributed by atoms with Crippen LogP contribution in [0.2, 0.25) is 0 Å². The van der Waals surface area contributed by atoms with Crippen molar-refractivity contribution in [3.8, 4) is 0 Å². The van der Waals surface area contributed by atoms with Crippen LogP contribution in [-0.4, -0.2) is 70.6 Å². The molecule has 0 saturated carbocycles. The molecular formula is C18H37N3. The lowest BCUT2D eigenvalue weighted by molar-refractivity contribution is -0.0745. The van der Waals surface area contributed by atoms with Crippen LogP contribution in [-0.2, 0) is 0 Å². The summed E-state index contributed by atoms with van der Waals surface area (Å²) in [7, 11) is 0. The lowest BCUT2D eigenvalue weighted by atomic mass is 9.81. The molecule has 2 aliphatic heterocycles. The van der Waals surface area contributed by atoms with Crippen LogP contribution in [0.4, 0.5) is 0 Å². The summed E-state index contributed by atoms with van der Waals surface area (Å²) in [6.45, 7) is 23.9. The summed E-state index contributed by atoms with van der Waals surface area (Å²) in [5.41, 5.74) is 1.03. The van der Waals surface area contributed by atoms with Crippen LogP contribution in [0.15, 0.2) is 0 Å². The summed E-state index contributed by atoms with van der Waals surface area (Å²) < 4.78 is 0. The van der Waals surface area contributed by atoms with Gasteiger partial charge in [-0.05, 0) is 60.9 Å². The molecule has 0 aromatic heterocycles. The van der Waals surface area contributed by atoms with Crippen LogP contribution in [0, 0.1) is 0 Å². The Morgan fingerprint density at radius 1 is 0.762 bits per heavy atom. The second-order valence-electron chi connectivity index (χ2n) is 9.05. The highest BCUT2D eigenvalue weighted by molar-refractivity contribution is 5.03. The lowest BCUT2D eigenvalue weighted by Crippen LogP contribution is -2.68. The monoisotopic (exact) mass is 295 g/mol. The first kappa shape index (κ1) is 17.2. The van der Waals surface area contributed by atoms with Crippen LogP contribution < -0.4 is 0 Å². The Morgan fingerprint density at radius 2 is 1.29 bits per heavy atom. The second kappa shape index (κ2) is 5.82. The standard InChI is InChI=1S/C18H37N3/c1-8-19-13-14-21(17(5,6)7)15-18(19)9-11-20(12-10-18)16(2,3)4/h8-15H2,1-7H3. The van der Waals surface area contributed by atoms with Crippen molar-refractivity contribution < 1.29 is 0 Å². The Labute approximate surface area is 132 Å². The molecule has 3 heteroatoms. The third kappa shape index (κ3) is 3.62. The molecule has 0 bridgehead atoms. The van der Waals surface area contributed by atoms with Crippen molar-refractivity contribution in [3.63, 3.8) is 0 Å². The molecule has 0 atom stereocenters. The highest BCUT2D eigenvalue weighted by Gasteiger charge is 2.46. The number of piperidine rings is 1. The van der Waals surface area contributed by atoms with Gasteiger partial charge in [-0.25, -0.2) is 0 Å². The first-order valence-corrected chi connectivity index (χ1v) is 8.84. The highest BCUT2D eigenvalue weighted by atomic mass is 15.3. The topological polar surface area (TPSA) is 9.72 Å². The van der Waals surface area contributed by atoms with Gasteiger partial charge in [-0.1, -0.05) is 6.92 Å². The second-order valence-corrected chi connectivity index (χ2v) is 9.05. The maximum Gasteiger partial charge on any atom is 0.0361 e. The molecule has 2 fully saturated rings. The molecule has 2 rings (SSSR count). The molecule has 0 aliphatic carbocycles. The number of likely N-dealkylation sites (tertiary alicyclic amines) is 1. The van der Waals surface area contributed by atoms with E-state index in [0.29, 0.717) is 16.6 Å². The fraction of sp³-hybridized carbons (Fsp3) is 1.00. The Hall–Kier alpha value is -0.120. The molecule has 3 nitrogen and oxygen atoms in total. The molecule has 2 heterocycles. The Bertz CT molecular complexity index is 342. The molecule has 1 spiro atoms. The molecule has 2 saturated heterocycles. The van der Waals surface area contributed by atoms with E-state index in [1.807, 2.05) is 0 Å². The first-order chi connectivity index (χ1) is 9.58. The van der Waals surface area contributed by atoms with Gasteiger partial charge in [-0.3, -0.25) is 14.7 Å². The van der Waals surface area contributed by atoms with Crippen LogP contribution in [0.25, 0.3) is 0 Å². The Balaban J connectivity index is 2.11. The quantitative estimate of drug-likeness (QED) is 0.736. The van der Waals surface area contributed by atoms with Crippen molar-refractivity contribution in [1.29, 1.82) is 0 Å². The van der Waals surface area contributed by atoms with E-state index in [9.17, 15) is 0 Å². The summed E-state index contributed by atoms with van der Waals surface area (Å²) in [6.07, 6.45) is 2.65. The molecule has 21 heavy (non-hydrogen) atoms. The van der Waals surface area contributed by atoms with E-state index in [4.69, 9.17) is 0 Å². The highest BCUT2D eigenvalue weighted by Crippen LogP contribution is 2.36. The minimum Gasteiger partial charge on any atom is -0.298 e. The molecule has 0 unspecified atom stereocenters. The number of hydrogen-bond donors (Lipinski definition) is 0. The van der Waals surface area contributed by atoms with Gasteiger partial charge in [0.15, 0.2) is 0 Å². The maximum atomic E-state index is 2.77. The number of piperazine rings is 1. The van der Waals surface area contributed by atoms with Crippen LogP contribution in [0.3, 0.4) is 0 Å². The summed E-state index contributed by atoms with van der Waals surface area (Å²) >= 11 is 0. The molecule has 0 amide bonds. The van der Waals surface area contributed by atoms with Gasteiger partial charge in [-0.15, -0.1) is 0 Å². The molecule has 0 aromatic carbocycles. The average Bonchev–Trinajstić information content (AvgIpc) is 2.37. The fourth-order valence-corrected chi connectivity index (χ4v) is 4.15. The van der Waals surface area contributed by atoms with Crippen molar-refractivity contribution in [3.05, 3.63) is 0 Å². The summed E-state index contributed by atoms with van der Waals surface area (Å²) in [4.78, 5) is 8.16. The van der Waals surface area contributed by atoms with Crippen molar-refractivity contribution in [2.45, 2.75) is 77.9 Å². The van der Waals surface area contributed by atoms with E-state index < -0.39 is 0 Å². The minimum atomic E-state index is 0.300. The zero-order valence-electron chi connectivity index (χ0n) is 15.5. The van der Waals surface area contributed by atoms with Crippen LogP contribution in [0.1, 0.15) is 61.3 Å². The third-order valence-electron chi connectivity index (χ3n) is 5.77. The van der Waals surface area contributed by atoms with Gasteiger partial charge < -0.3 is 0 Å². The van der Waals surface area contributed by atoms with Gasteiger partial charge in [-0.2, -0.15) is 0 Å². The number of likely N-dealkylation sites (N-methyl/N-ethyl adjacent to an activating group) is 1. The predicted molar refractivity (Wildman–Crippen MR) is 91.9 cm³/mol. The molecule has 2 aliphatic rings. The average molecular weight is 296 g/mol. The largest absolute Gasteiger partial charge is 0.298 e. The molecular weight excluding hydrogens is 258 g/mol. The number of rotatable bonds is 1. The van der Waals surface area contributed by atoms with Crippen molar-refractivity contribution in [2.75, 3.05) is 39.3 Å². The van der Waals surface area contributed by atoms with Gasteiger partial charge in [0, 0.05) is 49.3 Å². The summed E-state index contributed by atoms with van der Waals surface area (Å²) in [5, 5.41) is 0. The van der Waals surface area contributed by atoms with Gasteiger partial charge in [0.1, 0.15) is 0 Å². The Morgan fingerprint density at radius 3 is 1.71 bits per heavy atom. The zero-order chi connectivity index (χ0) is 15.9.